The summed E-state index contributed by atoms with van der Waals surface area (Å²) in [4.78, 5) is 12.0. The summed E-state index contributed by atoms with van der Waals surface area (Å²) in [5.41, 5.74) is -0.862. The Labute approximate surface area is 138 Å². The van der Waals surface area contributed by atoms with E-state index in [9.17, 15) is 15.0 Å². The summed E-state index contributed by atoms with van der Waals surface area (Å²) in [6.45, 7) is 8.38. The van der Waals surface area contributed by atoms with Gasteiger partial charge in [-0.25, -0.2) is 0 Å². The van der Waals surface area contributed by atoms with Crippen molar-refractivity contribution < 1.29 is 24.5 Å². The summed E-state index contributed by atoms with van der Waals surface area (Å²) in [6, 6.07) is -0.0647. The number of ether oxygens (including phenoxy) is 2. The van der Waals surface area contributed by atoms with Crippen molar-refractivity contribution in [1.29, 1.82) is 0 Å². The zero-order valence-electron chi connectivity index (χ0n) is 14.6. The van der Waals surface area contributed by atoms with Crippen LogP contribution in [0.5, 0.6) is 0 Å². The lowest BCUT2D eigenvalue weighted by Crippen LogP contribution is -2.52. The maximum absolute atomic E-state index is 12.0. The third kappa shape index (κ3) is 5.14. The molecule has 6 nitrogen and oxygen atoms in total. The average molecular weight is 329 g/mol. The van der Waals surface area contributed by atoms with E-state index >= 15 is 0 Å². The van der Waals surface area contributed by atoms with Crippen LogP contribution in [0.2, 0.25) is 0 Å². The third-order valence-electron chi connectivity index (χ3n) is 4.88. The minimum absolute atomic E-state index is 0.0570. The van der Waals surface area contributed by atoms with Gasteiger partial charge in [-0.15, -0.1) is 0 Å². The van der Waals surface area contributed by atoms with E-state index in [1.807, 2.05) is 13.8 Å². The number of carbonyl (C=O) groups is 1. The van der Waals surface area contributed by atoms with Crippen LogP contribution in [-0.4, -0.2) is 59.3 Å². The number of carbonyl (C=O) groups excluding carboxylic acids is 1. The van der Waals surface area contributed by atoms with Crippen LogP contribution >= 0.6 is 0 Å². The van der Waals surface area contributed by atoms with Crippen molar-refractivity contribution in [3.63, 3.8) is 0 Å². The lowest BCUT2D eigenvalue weighted by atomic mass is 9.85. The summed E-state index contributed by atoms with van der Waals surface area (Å²) in [7, 11) is 0. The first-order chi connectivity index (χ1) is 10.7. The predicted octanol–water partition coefficient (Wildman–Crippen LogP) is 0.843. The molecule has 2 bridgehead atoms. The van der Waals surface area contributed by atoms with Crippen molar-refractivity contribution in [1.82, 2.24) is 5.32 Å². The van der Waals surface area contributed by atoms with Gasteiger partial charge in [-0.05, 0) is 39.2 Å². The number of hydrogen-bond acceptors (Lipinski definition) is 6. The van der Waals surface area contributed by atoms with Gasteiger partial charge in [0.2, 0.25) is 0 Å². The van der Waals surface area contributed by atoms with E-state index in [1.54, 1.807) is 6.92 Å². The molecule has 2 fully saturated rings. The van der Waals surface area contributed by atoms with Crippen LogP contribution < -0.4 is 5.32 Å². The molecule has 0 amide bonds. The van der Waals surface area contributed by atoms with E-state index in [-0.39, 0.29) is 30.6 Å². The second-order valence-electron chi connectivity index (χ2n) is 7.76. The molecule has 4 unspecified atom stereocenters. The summed E-state index contributed by atoms with van der Waals surface area (Å²) in [5.74, 6) is -0.323. The first kappa shape index (κ1) is 18.6. The predicted molar refractivity (Wildman–Crippen MR) is 85.9 cm³/mol. The number of aliphatic hydroxyl groups excluding tert-OH is 1. The quantitative estimate of drug-likeness (QED) is 0.571. The van der Waals surface area contributed by atoms with E-state index in [4.69, 9.17) is 9.47 Å². The zero-order chi connectivity index (χ0) is 17.2. The largest absolute Gasteiger partial charge is 0.463 e. The van der Waals surface area contributed by atoms with Gasteiger partial charge >= 0.3 is 5.97 Å². The molecule has 2 aliphatic heterocycles. The number of rotatable bonds is 0. The zero-order valence-corrected chi connectivity index (χ0v) is 14.6. The normalized spacial score (nSPS) is 47.0. The van der Waals surface area contributed by atoms with Crippen molar-refractivity contribution in [2.24, 2.45) is 11.8 Å². The van der Waals surface area contributed by atoms with Crippen LogP contribution in [0, 0.1) is 11.8 Å². The summed E-state index contributed by atoms with van der Waals surface area (Å²) >= 11 is 0. The fourth-order valence-electron chi connectivity index (χ4n) is 3.75. The van der Waals surface area contributed by atoms with Crippen LogP contribution in [0.1, 0.15) is 47.0 Å². The number of fused-ring (bicyclic) bond motifs is 2. The molecule has 3 N–H and O–H groups in total. The Kier molecular flexibility index (Phi) is 6.05. The van der Waals surface area contributed by atoms with E-state index < -0.39 is 17.8 Å². The molecule has 0 radical (unpaired) electrons. The number of cyclic esters (lactones) is 1. The Balaban J connectivity index is 2.27. The van der Waals surface area contributed by atoms with Gasteiger partial charge < -0.3 is 25.0 Å². The van der Waals surface area contributed by atoms with Crippen LogP contribution in [0.25, 0.3) is 0 Å². The van der Waals surface area contributed by atoms with Gasteiger partial charge in [0, 0.05) is 12.5 Å². The average Bonchev–Trinajstić information content (AvgIpc) is 2.48. The fraction of sp³-hybridized carbons (Fsp3) is 0.941. The topological polar surface area (TPSA) is 88.0 Å². The van der Waals surface area contributed by atoms with Crippen molar-refractivity contribution in [2.45, 2.75) is 76.9 Å². The van der Waals surface area contributed by atoms with Crippen LogP contribution in [0.3, 0.4) is 0 Å². The van der Waals surface area contributed by atoms with Crippen molar-refractivity contribution in [2.75, 3.05) is 13.2 Å². The van der Waals surface area contributed by atoms with E-state index in [0.29, 0.717) is 25.2 Å². The molecule has 0 saturated carbocycles. The lowest BCUT2D eigenvalue weighted by molar-refractivity contribution is -0.152. The molecule has 6 heteroatoms. The van der Waals surface area contributed by atoms with Crippen molar-refractivity contribution >= 4 is 5.97 Å². The maximum atomic E-state index is 12.0. The first-order valence-corrected chi connectivity index (χ1v) is 8.64. The van der Waals surface area contributed by atoms with Gasteiger partial charge in [-0.1, -0.05) is 13.8 Å². The molecule has 0 aromatic carbocycles. The molecule has 23 heavy (non-hydrogen) atoms. The van der Waals surface area contributed by atoms with Gasteiger partial charge in [0.1, 0.15) is 18.8 Å². The summed E-state index contributed by atoms with van der Waals surface area (Å²) in [6.07, 6.45) is -0.0454. The number of esters is 1. The van der Waals surface area contributed by atoms with Gasteiger partial charge in [-0.2, -0.15) is 0 Å². The standard InChI is InChI=1S/C17H31NO5/c1-10-6-17(4,21)7-13-5-11(2)16(20)22-9-14(19)15(23-13)12(3)18-8-10/h10-15,18-19,21H,5-9H2,1-4H3/t10-,11?,12?,13+,14?,15?,17-/m1/s1. The van der Waals surface area contributed by atoms with E-state index in [2.05, 4.69) is 12.2 Å². The Hall–Kier alpha value is -0.690. The highest BCUT2D eigenvalue weighted by Gasteiger charge is 2.38. The van der Waals surface area contributed by atoms with Crippen molar-refractivity contribution in [3.8, 4) is 0 Å². The molecular weight excluding hydrogens is 298 g/mol. The monoisotopic (exact) mass is 329 g/mol. The SMILES string of the molecule is CC1C[C@H]2C[C@](C)(O)C[C@@H](C)CNC(C)C(O2)C(O)COC1=O. The highest BCUT2D eigenvalue weighted by atomic mass is 16.6. The molecule has 7 atom stereocenters. The molecule has 2 rings (SSSR count). The minimum atomic E-state index is -0.881. The van der Waals surface area contributed by atoms with E-state index in [1.165, 1.54) is 0 Å². The highest BCUT2D eigenvalue weighted by Crippen LogP contribution is 2.29. The fourth-order valence-corrected chi connectivity index (χ4v) is 3.75. The van der Waals surface area contributed by atoms with Crippen LogP contribution in [0.4, 0.5) is 0 Å². The molecule has 0 aromatic rings. The Morgan fingerprint density at radius 3 is 2.65 bits per heavy atom. The highest BCUT2D eigenvalue weighted by molar-refractivity contribution is 5.72. The lowest BCUT2D eigenvalue weighted by Gasteiger charge is -2.38. The Morgan fingerprint density at radius 1 is 1.26 bits per heavy atom. The molecular formula is C17H31NO5. The van der Waals surface area contributed by atoms with Crippen molar-refractivity contribution in [3.05, 3.63) is 0 Å². The summed E-state index contributed by atoms with van der Waals surface area (Å²) in [5, 5.41) is 24.5. The van der Waals surface area contributed by atoms with E-state index in [0.717, 1.165) is 6.54 Å². The molecule has 134 valence electrons. The number of hydrogen-bond donors (Lipinski definition) is 3. The Morgan fingerprint density at radius 2 is 1.96 bits per heavy atom. The second kappa shape index (κ2) is 7.47. The Bertz CT molecular complexity index is 414. The summed E-state index contributed by atoms with van der Waals surface area (Å²) < 4.78 is 11.4. The van der Waals surface area contributed by atoms with Gasteiger partial charge in [-0.3, -0.25) is 4.79 Å². The molecule has 0 spiro atoms. The number of nitrogens with one attached hydrogen (secondary N) is 1. The third-order valence-corrected chi connectivity index (χ3v) is 4.88. The number of aliphatic hydroxyl groups is 2. The molecule has 0 aromatic heterocycles. The molecule has 2 saturated heterocycles. The van der Waals surface area contributed by atoms with Crippen LogP contribution in [-0.2, 0) is 14.3 Å². The van der Waals surface area contributed by atoms with Gasteiger partial charge in [0.05, 0.1) is 17.6 Å². The molecule has 0 aliphatic carbocycles. The smallest absolute Gasteiger partial charge is 0.308 e. The minimum Gasteiger partial charge on any atom is -0.463 e. The molecule has 2 aliphatic rings. The first-order valence-electron chi connectivity index (χ1n) is 8.64. The van der Waals surface area contributed by atoms with Gasteiger partial charge in [0.15, 0.2) is 0 Å². The molecule has 2 heterocycles. The maximum Gasteiger partial charge on any atom is 0.308 e. The van der Waals surface area contributed by atoms with Crippen LogP contribution in [0.15, 0.2) is 0 Å². The second-order valence-corrected chi connectivity index (χ2v) is 7.76. The van der Waals surface area contributed by atoms with Gasteiger partial charge in [0.25, 0.3) is 0 Å².